The maximum absolute atomic E-state index is 13.0. The summed E-state index contributed by atoms with van der Waals surface area (Å²) in [6, 6.07) is 0. The van der Waals surface area contributed by atoms with Crippen molar-refractivity contribution in [1.29, 1.82) is 0 Å². The van der Waals surface area contributed by atoms with Gasteiger partial charge < -0.3 is 33.9 Å². The van der Waals surface area contributed by atoms with Crippen molar-refractivity contribution in [1.82, 2.24) is 0 Å². The minimum atomic E-state index is -1.41. The molecular weight excluding hydrogens is 512 g/mol. The molecule has 0 aromatic carbocycles. The fourth-order valence-electron chi connectivity index (χ4n) is 6.92. The molecule has 2 saturated heterocycles. The van der Waals surface area contributed by atoms with Crippen molar-refractivity contribution < 1.29 is 53.1 Å². The van der Waals surface area contributed by atoms with Crippen molar-refractivity contribution in [3.05, 3.63) is 36.0 Å². The zero-order valence-corrected chi connectivity index (χ0v) is 22.0. The summed E-state index contributed by atoms with van der Waals surface area (Å²) in [4.78, 5) is 49.6. The van der Waals surface area contributed by atoms with Crippen LogP contribution in [0.5, 0.6) is 0 Å². The van der Waals surface area contributed by atoms with Crippen molar-refractivity contribution in [2.75, 3.05) is 19.8 Å². The van der Waals surface area contributed by atoms with E-state index in [1.165, 1.54) is 24.3 Å². The summed E-state index contributed by atoms with van der Waals surface area (Å²) < 4.78 is 29.3. The Morgan fingerprint density at radius 1 is 1.05 bits per heavy atom. The van der Waals surface area contributed by atoms with Crippen molar-refractivity contribution in [2.24, 2.45) is 16.7 Å². The number of carboxylic acid groups (broad SMARTS) is 1. The molecule has 2 spiro atoms. The molecule has 212 valence electrons. The Morgan fingerprint density at radius 3 is 2.46 bits per heavy atom. The van der Waals surface area contributed by atoms with Crippen molar-refractivity contribution >= 4 is 23.9 Å². The van der Waals surface area contributed by atoms with Gasteiger partial charge in [0.25, 0.3) is 0 Å². The quantitative estimate of drug-likeness (QED) is 0.280. The number of aliphatic hydroxyl groups excluding tert-OH is 1. The summed E-state index contributed by atoms with van der Waals surface area (Å²) in [6.45, 7) is 3.93. The second-order valence-electron chi connectivity index (χ2n) is 11.3. The number of hydrogen-bond acceptors (Lipinski definition) is 10. The van der Waals surface area contributed by atoms with E-state index < -0.39 is 70.6 Å². The molecule has 5 aliphatic rings. The highest BCUT2D eigenvalue weighted by Gasteiger charge is 2.83. The van der Waals surface area contributed by atoms with Crippen LogP contribution >= 0.6 is 0 Å². The second-order valence-corrected chi connectivity index (χ2v) is 11.3. The fourth-order valence-corrected chi connectivity index (χ4v) is 6.92. The van der Waals surface area contributed by atoms with Gasteiger partial charge in [0.1, 0.15) is 18.3 Å². The van der Waals surface area contributed by atoms with Gasteiger partial charge in [0.2, 0.25) is 0 Å². The first-order chi connectivity index (χ1) is 18.5. The summed E-state index contributed by atoms with van der Waals surface area (Å²) in [5.41, 5.74) is -2.45. The number of allylic oxidation sites excluding steroid dienone is 2. The van der Waals surface area contributed by atoms with Crippen molar-refractivity contribution in [2.45, 2.75) is 76.0 Å². The van der Waals surface area contributed by atoms with Crippen LogP contribution in [0.25, 0.3) is 0 Å². The number of esters is 3. The number of aliphatic carboxylic acids is 1. The number of aliphatic hydroxyl groups is 1. The van der Waals surface area contributed by atoms with Crippen LogP contribution in [0.2, 0.25) is 0 Å². The number of ether oxygens (including phenoxy) is 5. The lowest BCUT2D eigenvalue weighted by molar-refractivity contribution is -0.234. The van der Waals surface area contributed by atoms with Gasteiger partial charge in [-0.3, -0.25) is 0 Å². The van der Waals surface area contributed by atoms with Crippen LogP contribution in [0, 0.1) is 16.7 Å². The van der Waals surface area contributed by atoms with Crippen LogP contribution < -0.4 is 0 Å². The van der Waals surface area contributed by atoms with E-state index in [1.54, 1.807) is 13.0 Å². The monoisotopic (exact) mass is 546 g/mol. The minimum absolute atomic E-state index is 0.102. The molecule has 0 radical (unpaired) electrons. The summed E-state index contributed by atoms with van der Waals surface area (Å²) >= 11 is 0. The first-order valence-electron chi connectivity index (χ1n) is 13.3. The molecule has 1 saturated carbocycles. The molecule has 11 heteroatoms. The summed E-state index contributed by atoms with van der Waals surface area (Å²) in [7, 11) is 0. The number of cyclic esters (lactones) is 2. The Balaban J connectivity index is 1.52. The third-order valence-electron chi connectivity index (χ3n) is 9.42. The van der Waals surface area contributed by atoms with Gasteiger partial charge in [0, 0.05) is 29.6 Å². The highest BCUT2D eigenvalue weighted by Crippen LogP contribution is 2.72. The third-order valence-corrected chi connectivity index (χ3v) is 9.42. The molecule has 2 N–H and O–H groups in total. The van der Waals surface area contributed by atoms with Crippen LogP contribution in [0.1, 0.15) is 46.0 Å². The van der Waals surface area contributed by atoms with Gasteiger partial charge in [0.15, 0.2) is 6.10 Å². The molecule has 2 bridgehead atoms. The van der Waals surface area contributed by atoms with Crippen molar-refractivity contribution in [3.63, 3.8) is 0 Å². The molecule has 0 amide bonds. The third kappa shape index (κ3) is 4.50. The highest BCUT2D eigenvalue weighted by atomic mass is 16.6. The Morgan fingerprint density at radius 2 is 1.77 bits per heavy atom. The molecule has 11 nitrogen and oxygen atoms in total. The highest BCUT2D eigenvalue weighted by molar-refractivity contribution is 5.87. The number of carbonyl (C=O) groups is 4. The van der Waals surface area contributed by atoms with Crippen LogP contribution in [-0.2, 0) is 42.9 Å². The summed E-state index contributed by atoms with van der Waals surface area (Å²) in [6.07, 6.45) is 5.09. The second kappa shape index (κ2) is 10.2. The molecule has 3 fully saturated rings. The lowest BCUT2D eigenvalue weighted by Gasteiger charge is -2.58. The van der Waals surface area contributed by atoms with Gasteiger partial charge in [0.05, 0.1) is 30.8 Å². The van der Waals surface area contributed by atoms with E-state index in [9.17, 15) is 29.4 Å². The van der Waals surface area contributed by atoms with Crippen LogP contribution in [0.3, 0.4) is 0 Å². The van der Waals surface area contributed by atoms with Gasteiger partial charge in [-0.2, -0.15) is 0 Å². The molecule has 8 atom stereocenters. The first kappa shape index (κ1) is 27.5. The molecule has 0 aromatic rings. The fraction of sp³-hybridized carbons (Fsp3) is 0.643. The Hall–Kier alpha value is -3.02. The van der Waals surface area contributed by atoms with Gasteiger partial charge >= 0.3 is 23.9 Å². The van der Waals surface area contributed by atoms with Gasteiger partial charge in [-0.25, -0.2) is 19.2 Å². The van der Waals surface area contributed by atoms with E-state index >= 15 is 0 Å². The normalized spacial score (nSPS) is 44.3. The van der Waals surface area contributed by atoms with E-state index in [2.05, 4.69) is 0 Å². The van der Waals surface area contributed by atoms with Gasteiger partial charge in [-0.05, 0) is 37.7 Å². The van der Waals surface area contributed by atoms with Crippen molar-refractivity contribution in [3.8, 4) is 0 Å². The largest absolute Gasteiger partial charge is 0.478 e. The van der Waals surface area contributed by atoms with E-state index in [-0.39, 0.29) is 31.6 Å². The lowest BCUT2D eigenvalue weighted by atomic mass is 9.51. The number of carboxylic acids is 1. The maximum atomic E-state index is 13.0. The topological polar surface area (TPSA) is 158 Å². The Kier molecular flexibility index (Phi) is 7.19. The number of epoxide rings is 1. The molecular formula is C28H34O11. The molecule has 8 unspecified atom stereocenters. The van der Waals surface area contributed by atoms with Crippen LogP contribution in [0.4, 0.5) is 0 Å². The maximum Gasteiger partial charge on any atom is 0.335 e. The Labute approximate surface area is 225 Å². The molecule has 3 aliphatic heterocycles. The van der Waals surface area contributed by atoms with E-state index in [0.717, 1.165) is 0 Å². The van der Waals surface area contributed by atoms with E-state index in [1.807, 2.05) is 6.92 Å². The number of carbonyl (C=O) groups excluding carboxylic acids is 3. The molecule has 3 heterocycles. The zero-order valence-electron chi connectivity index (χ0n) is 22.0. The van der Waals surface area contributed by atoms with Gasteiger partial charge in [-0.1, -0.05) is 26.0 Å². The molecule has 0 aromatic heterocycles. The first-order valence-corrected chi connectivity index (χ1v) is 13.3. The zero-order chi connectivity index (χ0) is 28.0. The average Bonchev–Trinajstić information content (AvgIpc) is 3.69. The Bertz CT molecular complexity index is 1130. The minimum Gasteiger partial charge on any atom is -0.478 e. The van der Waals surface area contributed by atoms with Crippen LogP contribution in [-0.4, -0.2) is 83.9 Å². The molecule has 2 aliphatic carbocycles. The average molecular weight is 547 g/mol. The molecule has 5 rings (SSSR count). The number of hydrogen-bond donors (Lipinski definition) is 2. The standard InChI is InChI=1S/C28H34O11/c1-16-6-5-11-35-21(29)7-3-4-8-22(30)39-18-13-20-28(15-37-28)26(18,2)27(14-36-25(34)23(16)31)10-9-17(24(32)33)12-19(27)38-20/h3-4,7-8,12,16,18-20,23,31H,5-6,9-11,13-15H2,1-2H3,(H,32,33)/b7-3-,8-4-. The van der Waals surface area contributed by atoms with Gasteiger partial charge in [-0.15, -0.1) is 0 Å². The van der Waals surface area contributed by atoms with E-state index in [4.69, 9.17) is 23.7 Å². The predicted octanol–water partition coefficient (Wildman–Crippen LogP) is 1.63. The summed E-state index contributed by atoms with van der Waals surface area (Å²) in [5.74, 6) is -3.54. The SMILES string of the molecule is CC1CCCOC(=O)/C=C\C=C/C(=O)OC2CC3OC4C=C(C(=O)O)CCC4(COC(=O)C1O)C2(C)C31CO1. The summed E-state index contributed by atoms with van der Waals surface area (Å²) in [5, 5.41) is 20.4. The smallest absolute Gasteiger partial charge is 0.335 e. The van der Waals surface area contributed by atoms with Crippen LogP contribution in [0.15, 0.2) is 36.0 Å². The number of rotatable bonds is 1. The predicted molar refractivity (Wildman–Crippen MR) is 132 cm³/mol. The lowest BCUT2D eigenvalue weighted by Crippen LogP contribution is -2.67. The van der Waals surface area contributed by atoms with E-state index in [0.29, 0.717) is 25.9 Å². The molecule has 39 heavy (non-hydrogen) atoms.